The Bertz CT molecular complexity index is 806. The lowest BCUT2D eigenvalue weighted by atomic mass is 9.71. The number of hydrogen-bond donors (Lipinski definition) is 0. The van der Waals surface area contributed by atoms with Crippen molar-refractivity contribution in [3.8, 4) is 0 Å². The van der Waals surface area contributed by atoms with Crippen molar-refractivity contribution >= 4 is 17.6 Å². The Morgan fingerprint density at radius 2 is 1.39 bits per heavy atom. The second-order valence-electron chi connectivity index (χ2n) is 6.08. The van der Waals surface area contributed by atoms with Crippen molar-refractivity contribution in [1.82, 2.24) is 4.90 Å². The monoisotopic (exact) mass is 305 g/mol. The Kier molecular flexibility index (Phi) is 2.94. The molecule has 4 rings (SSSR count). The number of likely N-dealkylation sites (tertiary alicyclic amines) is 1. The van der Waals surface area contributed by atoms with Crippen LogP contribution in [0.3, 0.4) is 0 Å². The number of fused-ring (bicyclic) bond motifs is 2. The minimum atomic E-state index is -0.442. The molecule has 114 valence electrons. The van der Waals surface area contributed by atoms with Crippen LogP contribution in [0.5, 0.6) is 0 Å². The Morgan fingerprint density at radius 1 is 0.870 bits per heavy atom. The number of nitrogens with zero attached hydrogens (tertiary/aromatic N) is 1. The molecule has 23 heavy (non-hydrogen) atoms. The maximum atomic E-state index is 12.7. The van der Waals surface area contributed by atoms with Gasteiger partial charge in [-0.15, -0.1) is 0 Å². The molecule has 1 fully saturated rings. The van der Waals surface area contributed by atoms with Crippen LogP contribution < -0.4 is 0 Å². The highest BCUT2D eigenvalue weighted by Crippen LogP contribution is 2.44. The van der Waals surface area contributed by atoms with E-state index in [1.807, 2.05) is 36.4 Å². The van der Waals surface area contributed by atoms with E-state index in [1.165, 1.54) is 11.9 Å². The summed E-state index contributed by atoms with van der Waals surface area (Å²) >= 11 is 0. The van der Waals surface area contributed by atoms with Gasteiger partial charge in [0.15, 0.2) is 5.78 Å². The van der Waals surface area contributed by atoms with Gasteiger partial charge in [0.05, 0.1) is 5.92 Å². The molecule has 1 aliphatic carbocycles. The number of rotatable bonds is 1. The largest absolute Gasteiger partial charge is 0.289 e. The molecule has 0 aromatic heterocycles. The second-order valence-corrected chi connectivity index (χ2v) is 6.08. The van der Waals surface area contributed by atoms with Crippen molar-refractivity contribution in [2.24, 2.45) is 5.92 Å². The lowest BCUT2D eigenvalue weighted by molar-refractivity contribution is -0.137. The van der Waals surface area contributed by atoms with Crippen LogP contribution in [0.4, 0.5) is 0 Å². The number of ketones is 1. The van der Waals surface area contributed by atoms with Crippen molar-refractivity contribution in [2.45, 2.75) is 12.3 Å². The van der Waals surface area contributed by atoms with Gasteiger partial charge in [-0.25, -0.2) is 0 Å². The van der Waals surface area contributed by atoms with Crippen molar-refractivity contribution in [3.63, 3.8) is 0 Å². The third-order valence-corrected chi connectivity index (χ3v) is 4.90. The summed E-state index contributed by atoms with van der Waals surface area (Å²) in [6.07, 6.45) is 0.191. The maximum absolute atomic E-state index is 12.7. The Hall–Kier alpha value is -2.75. The molecule has 4 nitrogen and oxygen atoms in total. The van der Waals surface area contributed by atoms with Crippen LogP contribution in [0.15, 0.2) is 48.5 Å². The third-order valence-electron chi connectivity index (χ3n) is 4.90. The van der Waals surface area contributed by atoms with Crippen molar-refractivity contribution in [3.05, 3.63) is 70.8 Å². The van der Waals surface area contributed by atoms with Crippen LogP contribution in [0.25, 0.3) is 0 Å². The molecule has 2 aliphatic rings. The zero-order valence-electron chi connectivity index (χ0n) is 12.7. The molecule has 0 saturated carbocycles. The number of imide groups is 1. The SMILES string of the molecule is CN1C(=O)C[C@H](C2c3ccccc3C(=O)c3ccccc32)C1=O. The van der Waals surface area contributed by atoms with Crippen LogP contribution in [0, 0.1) is 5.92 Å². The second kappa shape index (κ2) is 4.88. The zero-order chi connectivity index (χ0) is 16.1. The zero-order valence-corrected chi connectivity index (χ0v) is 12.7. The van der Waals surface area contributed by atoms with Gasteiger partial charge in [0.25, 0.3) is 0 Å². The first-order valence-corrected chi connectivity index (χ1v) is 7.62. The molecule has 0 spiro atoms. The standard InChI is InChI=1S/C19H15NO3/c1-20-16(21)10-15(19(20)23)17-11-6-2-4-8-13(11)18(22)14-9-5-3-7-12(14)17/h2-9,15,17H,10H2,1H3/t15-/m1/s1. The molecule has 2 amide bonds. The molecule has 0 N–H and O–H groups in total. The lowest BCUT2D eigenvalue weighted by Crippen LogP contribution is -2.31. The number of amides is 2. The first-order valence-electron chi connectivity index (χ1n) is 7.62. The summed E-state index contributed by atoms with van der Waals surface area (Å²) in [7, 11) is 1.52. The van der Waals surface area contributed by atoms with Crippen LogP contribution in [-0.2, 0) is 9.59 Å². The quantitative estimate of drug-likeness (QED) is 0.760. The van der Waals surface area contributed by atoms with Crippen molar-refractivity contribution in [2.75, 3.05) is 7.05 Å². The summed E-state index contributed by atoms with van der Waals surface area (Å²) in [6.45, 7) is 0. The molecule has 2 aromatic carbocycles. The van der Waals surface area contributed by atoms with E-state index >= 15 is 0 Å². The summed E-state index contributed by atoms with van der Waals surface area (Å²) in [6, 6.07) is 14.8. The first kappa shape index (κ1) is 13.9. The average molecular weight is 305 g/mol. The minimum absolute atomic E-state index is 0.0161. The molecule has 1 atom stereocenters. The third kappa shape index (κ3) is 1.88. The van der Waals surface area contributed by atoms with Crippen LogP contribution in [-0.4, -0.2) is 29.5 Å². The molecule has 1 saturated heterocycles. The van der Waals surface area contributed by atoms with Crippen LogP contribution in [0.2, 0.25) is 0 Å². The fourth-order valence-electron chi connectivity index (χ4n) is 3.74. The first-order chi connectivity index (χ1) is 11.1. The van der Waals surface area contributed by atoms with E-state index in [1.54, 1.807) is 12.1 Å². The van der Waals surface area contributed by atoms with Gasteiger partial charge in [0.1, 0.15) is 0 Å². The summed E-state index contributed by atoms with van der Waals surface area (Å²) in [4.78, 5) is 38.4. The maximum Gasteiger partial charge on any atom is 0.233 e. The van der Waals surface area contributed by atoms with E-state index < -0.39 is 5.92 Å². The smallest absolute Gasteiger partial charge is 0.233 e. The molecule has 0 radical (unpaired) electrons. The molecule has 0 unspecified atom stereocenters. The molecular weight excluding hydrogens is 290 g/mol. The molecule has 1 heterocycles. The fourth-order valence-corrected chi connectivity index (χ4v) is 3.74. The number of hydrogen-bond acceptors (Lipinski definition) is 3. The van der Waals surface area contributed by atoms with Crippen LogP contribution >= 0.6 is 0 Å². The van der Waals surface area contributed by atoms with Gasteiger partial charge in [-0.3, -0.25) is 19.3 Å². The molecule has 1 aliphatic heterocycles. The summed E-state index contributed by atoms with van der Waals surface area (Å²) in [5.41, 5.74) is 2.95. The lowest BCUT2D eigenvalue weighted by Gasteiger charge is -2.30. The van der Waals surface area contributed by atoms with Gasteiger partial charge >= 0.3 is 0 Å². The molecule has 4 heteroatoms. The van der Waals surface area contributed by atoms with E-state index in [-0.39, 0.29) is 29.9 Å². The van der Waals surface area contributed by atoms with Gasteiger partial charge < -0.3 is 0 Å². The van der Waals surface area contributed by atoms with Crippen molar-refractivity contribution in [1.29, 1.82) is 0 Å². The molecular formula is C19H15NO3. The highest BCUT2D eigenvalue weighted by Gasteiger charge is 2.45. The van der Waals surface area contributed by atoms with Gasteiger partial charge in [0.2, 0.25) is 11.8 Å². The van der Waals surface area contributed by atoms with Gasteiger partial charge in [-0.2, -0.15) is 0 Å². The molecule has 0 bridgehead atoms. The van der Waals surface area contributed by atoms with E-state index in [0.717, 1.165) is 11.1 Å². The average Bonchev–Trinajstić information content (AvgIpc) is 2.83. The predicted molar refractivity (Wildman–Crippen MR) is 84.0 cm³/mol. The number of carbonyl (C=O) groups is 3. The summed E-state index contributed by atoms with van der Waals surface area (Å²) in [5, 5.41) is 0. The van der Waals surface area contributed by atoms with Gasteiger partial charge in [-0.05, 0) is 11.1 Å². The normalized spacial score (nSPS) is 20.7. The fraction of sp³-hybridized carbons (Fsp3) is 0.211. The highest BCUT2D eigenvalue weighted by atomic mass is 16.2. The highest BCUT2D eigenvalue weighted by molar-refractivity contribution is 6.13. The Balaban J connectivity index is 1.94. The number of carbonyl (C=O) groups excluding carboxylic acids is 3. The minimum Gasteiger partial charge on any atom is -0.289 e. The van der Waals surface area contributed by atoms with Crippen LogP contribution in [0.1, 0.15) is 39.4 Å². The van der Waals surface area contributed by atoms with Gasteiger partial charge in [0, 0.05) is 30.5 Å². The summed E-state index contributed by atoms with van der Waals surface area (Å²) in [5.74, 6) is -1.03. The Labute approximate surface area is 133 Å². The predicted octanol–water partition coefficient (Wildman–Crippen LogP) is 2.37. The topological polar surface area (TPSA) is 54.5 Å². The van der Waals surface area contributed by atoms with E-state index in [4.69, 9.17) is 0 Å². The van der Waals surface area contributed by atoms with E-state index in [0.29, 0.717) is 11.1 Å². The van der Waals surface area contributed by atoms with E-state index in [9.17, 15) is 14.4 Å². The Morgan fingerprint density at radius 3 is 1.87 bits per heavy atom. The summed E-state index contributed by atoms with van der Waals surface area (Å²) < 4.78 is 0. The van der Waals surface area contributed by atoms with Crippen molar-refractivity contribution < 1.29 is 14.4 Å². The van der Waals surface area contributed by atoms with E-state index in [2.05, 4.69) is 0 Å². The number of benzene rings is 2. The molecule has 2 aromatic rings. The van der Waals surface area contributed by atoms with Gasteiger partial charge in [-0.1, -0.05) is 48.5 Å².